The SMILES string of the molecule is Nc1n[nH]c2cc(Nc3ccccc3Cl)ccc12. The molecular weight excluding hydrogens is 248 g/mol. The zero-order valence-corrected chi connectivity index (χ0v) is 10.2. The molecule has 0 aliphatic carbocycles. The molecule has 3 rings (SSSR count). The summed E-state index contributed by atoms with van der Waals surface area (Å²) in [7, 11) is 0. The molecule has 90 valence electrons. The number of fused-ring (bicyclic) bond motifs is 1. The van der Waals surface area contributed by atoms with Crippen molar-refractivity contribution in [2.45, 2.75) is 0 Å². The molecule has 3 aromatic rings. The van der Waals surface area contributed by atoms with Gasteiger partial charge in [-0.2, -0.15) is 5.10 Å². The number of nitrogens with zero attached hydrogens (tertiary/aromatic N) is 1. The molecule has 18 heavy (non-hydrogen) atoms. The third-order valence-electron chi connectivity index (χ3n) is 2.75. The van der Waals surface area contributed by atoms with Gasteiger partial charge in [0.15, 0.2) is 5.82 Å². The molecule has 0 amide bonds. The third-order valence-corrected chi connectivity index (χ3v) is 3.07. The van der Waals surface area contributed by atoms with E-state index >= 15 is 0 Å². The molecule has 0 saturated heterocycles. The summed E-state index contributed by atoms with van der Waals surface area (Å²) in [5.41, 5.74) is 8.41. The van der Waals surface area contributed by atoms with E-state index in [-0.39, 0.29) is 0 Å². The van der Waals surface area contributed by atoms with Crippen LogP contribution in [0.1, 0.15) is 0 Å². The minimum Gasteiger partial charge on any atom is -0.382 e. The molecular formula is C13H11ClN4. The van der Waals surface area contributed by atoms with Gasteiger partial charge in [-0.05, 0) is 30.3 Å². The highest BCUT2D eigenvalue weighted by Crippen LogP contribution is 2.27. The molecule has 0 unspecified atom stereocenters. The smallest absolute Gasteiger partial charge is 0.153 e. The van der Waals surface area contributed by atoms with Crippen molar-refractivity contribution in [2.24, 2.45) is 0 Å². The Hall–Kier alpha value is -2.20. The Labute approximate surface area is 109 Å². The number of benzene rings is 2. The molecule has 1 heterocycles. The maximum absolute atomic E-state index is 6.09. The largest absolute Gasteiger partial charge is 0.382 e. The molecule has 0 aliphatic rings. The van der Waals surface area contributed by atoms with E-state index in [4.69, 9.17) is 17.3 Å². The first-order chi connectivity index (χ1) is 8.74. The van der Waals surface area contributed by atoms with Crippen LogP contribution in [-0.4, -0.2) is 10.2 Å². The highest BCUT2D eigenvalue weighted by Gasteiger charge is 2.04. The van der Waals surface area contributed by atoms with Gasteiger partial charge >= 0.3 is 0 Å². The van der Waals surface area contributed by atoms with Gasteiger partial charge in [0.25, 0.3) is 0 Å². The van der Waals surface area contributed by atoms with Crippen LogP contribution in [0.15, 0.2) is 42.5 Å². The second kappa shape index (κ2) is 4.23. The van der Waals surface area contributed by atoms with Gasteiger partial charge in [-0.1, -0.05) is 23.7 Å². The number of nitrogen functional groups attached to an aromatic ring is 1. The van der Waals surface area contributed by atoms with Crippen molar-refractivity contribution in [1.29, 1.82) is 0 Å². The maximum Gasteiger partial charge on any atom is 0.153 e. The molecule has 0 saturated carbocycles. The zero-order chi connectivity index (χ0) is 12.5. The van der Waals surface area contributed by atoms with Gasteiger partial charge in [0.1, 0.15) is 0 Å². The van der Waals surface area contributed by atoms with Gasteiger partial charge < -0.3 is 11.1 Å². The summed E-state index contributed by atoms with van der Waals surface area (Å²) >= 11 is 6.09. The van der Waals surface area contributed by atoms with E-state index in [0.717, 1.165) is 22.3 Å². The standard InChI is InChI=1S/C13H11ClN4/c14-10-3-1-2-4-11(10)16-8-5-6-9-12(7-8)17-18-13(9)15/h1-7,16H,(H3,15,17,18). The molecule has 4 N–H and O–H groups in total. The Morgan fingerprint density at radius 2 is 2.00 bits per heavy atom. The predicted octanol–water partition coefficient (Wildman–Crippen LogP) is 3.54. The Morgan fingerprint density at radius 3 is 2.83 bits per heavy atom. The minimum absolute atomic E-state index is 0.509. The van der Waals surface area contributed by atoms with Crippen molar-refractivity contribution in [3.63, 3.8) is 0 Å². The van der Waals surface area contributed by atoms with Gasteiger partial charge in [0.2, 0.25) is 0 Å². The van der Waals surface area contributed by atoms with Gasteiger partial charge in [-0.25, -0.2) is 0 Å². The topological polar surface area (TPSA) is 66.7 Å². The van der Waals surface area contributed by atoms with E-state index in [2.05, 4.69) is 15.5 Å². The average molecular weight is 259 g/mol. The summed E-state index contributed by atoms with van der Waals surface area (Å²) in [4.78, 5) is 0. The van der Waals surface area contributed by atoms with E-state index in [9.17, 15) is 0 Å². The summed E-state index contributed by atoms with van der Waals surface area (Å²) in [6.07, 6.45) is 0. The van der Waals surface area contributed by atoms with Crippen LogP contribution < -0.4 is 11.1 Å². The molecule has 0 radical (unpaired) electrons. The lowest BCUT2D eigenvalue weighted by Gasteiger charge is -2.07. The number of aromatic amines is 1. The highest BCUT2D eigenvalue weighted by atomic mass is 35.5. The van der Waals surface area contributed by atoms with Crippen LogP contribution in [-0.2, 0) is 0 Å². The number of hydrogen-bond donors (Lipinski definition) is 3. The van der Waals surface area contributed by atoms with Crippen molar-refractivity contribution >= 4 is 39.7 Å². The van der Waals surface area contributed by atoms with E-state index in [1.165, 1.54) is 0 Å². The van der Waals surface area contributed by atoms with Gasteiger partial charge in [0, 0.05) is 11.1 Å². The summed E-state index contributed by atoms with van der Waals surface area (Å²) < 4.78 is 0. The zero-order valence-electron chi connectivity index (χ0n) is 9.44. The van der Waals surface area contributed by atoms with E-state index in [0.29, 0.717) is 10.8 Å². The van der Waals surface area contributed by atoms with Crippen LogP contribution in [0.5, 0.6) is 0 Å². The first-order valence-corrected chi connectivity index (χ1v) is 5.87. The van der Waals surface area contributed by atoms with Crippen LogP contribution in [0.2, 0.25) is 5.02 Å². The van der Waals surface area contributed by atoms with Crippen LogP contribution >= 0.6 is 11.6 Å². The quantitative estimate of drug-likeness (QED) is 0.659. The number of aromatic nitrogens is 2. The van der Waals surface area contributed by atoms with Gasteiger partial charge in [-0.3, -0.25) is 5.10 Å². The van der Waals surface area contributed by atoms with Crippen LogP contribution in [0.25, 0.3) is 10.9 Å². The molecule has 1 aromatic heterocycles. The monoisotopic (exact) mass is 258 g/mol. The molecule has 0 spiro atoms. The van der Waals surface area contributed by atoms with Crippen LogP contribution in [0, 0.1) is 0 Å². The minimum atomic E-state index is 0.509. The second-order valence-electron chi connectivity index (χ2n) is 3.97. The van der Waals surface area contributed by atoms with Crippen LogP contribution in [0.3, 0.4) is 0 Å². The number of anilines is 3. The number of nitrogens with two attached hydrogens (primary N) is 1. The highest BCUT2D eigenvalue weighted by molar-refractivity contribution is 6.33. The van der Waals surface area contributed by atoms with Gasteiger partial charge in [-0.15, -0.1) is 0 Å². The first kappa shape index (κ1) is 10.9. The maximum atomic E-state index is 6.09. The fraction of sp³-hybridized carbons (Fsp3) is 0. The van der Waals surface area contributed by atoms with Crippen LogP contribution in [0.4, 0.5) is 17.2 Å². The van der Waals surface area contributed by atoms with Gasteiger partial charge in [0.05, 0.1) is 16.2 Å². The van der Waals surface area contributed by atoms with Crippen molar-refractivity contribution in [3.8, 4) is 0 Å². The lowest BCUT2D eigenvalue weighted by atomic mass is 10.2. The van der Waals surface area contributed by atoms with Crippen molar-refractivity contribution in [1.82, 2.24) is 10.2 Å². The Bertz CT molecular complexity index is 705. The lowest BCUT2D eigenvalue weighted by Crippen LogP contribution is -1.90. The van der Waals surface area contributed by atoms with Crippen molar-refractivity contribution in [2.75, 3.05) is 11.1 Å². The van der Waals surface area contributed by atoms with E-state index < -0.39 is 0 Å². The number of para-hydroxylation sites is 1. The van der Waals surface area contributed by atoms with Crippen molar-refractivity contribution in [3.05, 3.63) is 47.5 Å². The van der Waals surface area contributed by atoms with Crippen molar-refractivity contribution < 1.29 is 0 Å². The number of hydrogen-bond acceptors (Lipinski definition) is 3. The molecule has 0 aliphatic heterocycles. The van der Waals surface area contributed by atoms with E-state index in [1.807, 2.05) is 42.5 Å². The molecule has 4 nitrogen and oxygen atoms in total. The molecule has 2 aromatic carbocycles. The first-order valence-electron chi connectivity index (χ1n) is 5.49. The summed E-state index contributed by atoms with van der Waals surface area (Å²) in [5, 5.41) is 11.7. The Morgan fingerprint density at radius 1 is 1.17 bits per heavy atom. The normalized spacial score (nSPS) is 10.7. The Kier molecular flexibility index (Phi) is 2.57. The second-order valence-corrected chi connectivity index (χ2v) is 4.38. The number of H-pyrrole nitrogens is 1. The number of halogens is 1. The number of nitrogens with one attached hydrogen (secondary N) is 2. The summed E-state index contributed by atoms with van der Waals surface area (Å²) in [6, 6.07) is 13.4. The number of rotatable bonds is 2. The predicted molar refractivity (Wildman–Crippen MR) is 75.2 cm³/mol. The fourth-order valence-corrected chi connectivity index (χ4v) is 2.02. The fourth-order valence-electron chi connectivity index (χ4n) is 1.84. The third kappa shape index (κ3) is 1.87. The molecule has 0 atom stereocenters. The van der Waals surface area contributed by atoms with E-state index in [1.54, 1.807) is 0 Å². The Balaban J connectivity index is 1.98. The summed E-state index contributed by atoms with van der Waals surface area (Å²) in [5.74, 6) is 0.509. The molecule has 0 fully saturated rings. The molecule has 0 bridgehead atoms. The summed E-state index contributed by atoms with van der Waals surface area (Å²) in [6.45, 7) is 0. The molecule has 5 heteroatoms. The average Bonchev–Trinajstić information content (AvgIpc) is 2.74. The lowest BCUT2D eigenvalue weighted by molar-refractivity contribution is 1.13.